The van der Waals surface area contributed by atoms with Gasteiger partial charge in [0, 0.05) is 106 Å². The highest BCUT2D eigenvalue weighted by Crippen LogP contribution is 2.43. The van der Waals surface area contributed by atoms with Crippen LogP contribution in [0.25, 0.3) is 66.5 Å². The van der Waals surface area contributed by atoms with Crippen LogP contribution in [0.15, 0.2) is 110 Å². The van der Waals surface area contributed by atoms with Crippen LogP contribution < -0.4 is 16.0 Å². The second kappa shape index (κ2) is 38.8. The highest BCUT2D eigenvalue weighted by Gasteiger charge is 2.32. The molecule has 0 amide bonds. The molecule has 0 spiro atoms. The molecule has 0 radical (unpaired) electrons. The maximum absolute atomic E-state index is 10.1. The SMILES string of the molecule is C.C.C.CC(CC1CC1)Nc1ncc2c(-c3ccc(CC4CCN(C)CC4)cc3)cn(C3CCC(O)CC3)c2n1.C[C@@H](CC1CC1)Nc1ncc2c(-c3ccc(CC4CCN(C)CC4)cc3)cn(C3CCC(O)CC3)c2n1.C[C@H](CC1CC1)Nc1ncc2c(-c3ccc(CC4CCN(C)CC4)cc3)cn(C3CCC(O)CC3)c2n1. The van der Waals surface area contributed by atoms with Crippen molar-refractivity contribution in [2.45, 2.75) is 290 Å². The second-order valence-corrected chi connectivity index (χ2v) is 36.6. The van der Waals surface area contributed by atoms with Crippen LogP contribution in [0.4, 0.5) is 17.8 Å². The molecule has 18 rings (SSSR count). The lowest BCUT2D eigenvalue weighted by atomic mass is 9.90. The van der Waals surface area contributed by atoms with Gasteiger partial charge in [-0.1, -0.05) is 134 Å². The van der Waals surface area contributed by atoms with Gasteiger partial charge in [0.1, 0.15) is 16.9 Å². The molecule has 1 unspecified atom stereocenters. The number of aliphatic hydroxyl groups is 3. The second-order valence-electron chi connectivity index (χ2n) is 36.6. The van der Waals surface area contributed by atoms with Crippen LogP contribution >= 0.6 is 0 Å². The Morgan fingerprint density at radius 2 is 0.561 bits per heavy atom. The molecular formula is C96H141N15O3. The summed E-state index contributed by atoms with van der Waals surface area (Å²) in [6.07, 6.45) is 46.7. The number of nitrogens with one attached hydrogen (secondary N) is 3. The van der Waals surface area contributed by atoms with Crippen molar-refractivity contribution in [2.75, 3.05) is 76.4 Å². The largest absolute Gasteiger partial charge is 0.393 e. The average Bonchev–Trinajstić information content (AvgIpc) is 1.62. The number of benzene rings is 3. The Kier molecular flexibility index (Phi) is 28.8. The minimum atomic E-state index is -0.162. The molecule has 9 aromatic rings. The van der Waals surface area contributed by atoms with E-state index < -0.39 is 0 Å². The number of aliphatic hydroxyl groups excluding tert-OH is 3. The zero-order chi connectivity index (χ0) is 76.1. The smallest absolute Gasteiger partial charge is 0.224 e. The van der Waals surface area contributed by atoms with Crippen LogP contribution in [-0.2, 0) is 19.3 Å². The summed E-state index contributed by atoms with van der Waals surface area (Å²) in [5, 5.41) is 44.3. The zero-order valence-corrected chi connectivity index (χ0v) is 67.7. The third-order valence-corrected chi connectivity index (χ3v) is 27.1. The topological polar surface area (TPSA) is 199 Å². The first kappa shape index (κ1) is 84.6. The van der Waals surface area contributed by atoms with Crippen LogP contribution in [0.5, 0.6) is 0 Å². The zero-order valence-electron chi connectivity index (χ0n) is 67.7. The lowest BCUT2D eigenvalue weighted by molar-refractivity contribution is 0.111. The number of rotatable bonds is 24. The fourth-order valence-corrected chi connectivity index (χ4v) is 19.5. The molecule has 114 heavy (non-hydrogen) atoms. The Hall–Kier alpha value is -7.32. The van der Waals surface area contributed by atoms with Gasteiger partial charge in [0.25, 0.3) is 0 Å². The van der Waals surface area contributed by atoms with Gasteiger partial charge in [-0.3, -0.25) is 0 Å². The van der Waals surface area contributed by atoms with Gasteiger partial charge in [0.15, 0.2) is 0 Å². The molecule has 3 saturated heterocycles. The first-order valence-corrected chi connectivity index (χ1v) is 43.8. The van der Waals surface area contributed by atoms with Gasteiger partial charge in [-0.15, -0.1) is 0 Å². The predicted molar refractivity (Wildman–Crippen MR) is 473 cm³/mol. The summed E-state index contributed by atoms with van der Waals surface area (Å²) in [6, 6.07) is 29.9. The normalized spacial score (nSPS) is 23.8. The summed E-state index contributed by atoms with van der Waals surface area (Å²) in [5.41, 5.74) is 14.7. The van der Waals surface area contributed by atoms with Crippen LogP contribution in [0, 0.1) is 35.5 Å². The van der Waals surface area contributed by atoms with E-state index in [9.17, 15) is 15.3 Å². The van der Waals surface area contributed by atoms with Gasteiger partial charge >= 0.3 is 0 Å². The lowest BCUT2D eigenvalue weighted by Crippen LogP contribution is -2.30. The van der Waals surface area contributed by atoms with Crippen molar-refractivity contribution >= 4 is 50.9 Å². The van der Waals surface area contributed by atoms with Crippen molar-refractivity contribution in [2.24, 2.45) is 35.5 Å². The van der Waals surface area contributed by atoms with Crippen LogP contribution in [0.1, 0.15) is 251 Å². The molecule has 18 heteroatoms. The van der Waals surface area contributed by atoms with E-state index in [2.05, 4.69) is 178 Å². The van der Waals surface area contributed by atoms with Gasteiger partial charge in [0.05, 0.1) is 18.3 Å². The molecule has 9 heterocycles. The molecule has 18 nitrogen and oxygen atoms in total. The Labute approximate surface area is 683 Å². The minimum absolute atomic E-state index is 0. The highest BCUT2D eigenvalue weighted by molar-refractivity contribution is 5.96. The average molecular weight is 1550 g/mol. The van der Waals surface area contributed by atoms with E-state index in [4.69, 9.17) is 29.9 Å². The van der Waals surface area contributed by atoms with E-state index in [1.165, 1.54) is 205 Å². The molecular weight excluding hydrogens is 1410 g/mol. The fourth-order valence-electron chi connectivity index (χ4n) is 19.5. The van der Waals surface area contributed by atoms with Gasteiger partial charge in [0.2, 0.25) is 17.8 Å². The summed E-state index contributed by atoms with van der Waals surface area (Å²) < 4.78 is 7.13. The molecule has 6 aromatic heterocycles. The summed E-state index contributed by atoms with van der Waals surface area (Å²) >= 11 is 0. The van der Waals surface area contributed by atoms with Crippen LogP contribution in [0.2, 0.25) is 0 Å². The minimum Gasteiger partial charge on any atom is -0.393 e. The lowest BCUT2D eigenvalue weighted by Gasteiger charge is -2.29. The number of anilines is 3. The number of nitrogens with zero attached hydrogens (tertiary/aromatic N) is 12. The first-order valence-electron chi connectivity index (χ1n) is 43.8. The first-order chi connectivity index (χ1) is 54.0. The monoisotopic (exact) mass is 1550 g/mol. The Morgan fingerprint density at radius 1 is 0.325 bits per heavy atom. The third kappa shape index (κ3) is 21.9. The standard InChI is InChI=1S/3C31H43N5O.3CH4/c3*1-21(17-22-3-4-22)33-31-32-19-28-29(20-36(30(28)34-31)26-9-11-27(37)12-10-26)25-7-5-23(6-8-25)18-24-13-15-35(2)16-14-24;;;/h3*5-8,19-22,24,26-27,37H,3-4,9-18H2,1-2H3,(H,32,33,34);3*1H4/t2*21-,26?,27?;;;;/m10..../s1. The van der Waals surface area contributed by atoms with Gasteiger partial charge in [-0.2, -0.15) is 15.0 Å². The van der Waals surface area contributed by atoms with E-state index in [-0.39, 0.29) is 40.6 Å². The third-order valence-electron chi connectivity index (χ3n) is 27.1. The molecule has 0 bridgehead atoms. The molecule has 9 fully saturated rings. The Morgan fingerprint density at radius 3 is 0.789 bits per heavy atom. The summed E-state index contributed by atoms with van der Waals surface area (Å²) in [7, 11) is 6.69. The number of hydrogen-bond donors (Lipinski definition) is 6. The van der Waals surface area contributed by atoms with Gasteiger partial charge in [-0.05, 0) is 304 Å². The van der Waals surface area contributed by atoms with Crippen molar-refractivity contribution in [1.82, 2.24) is 58.3 Å². The number of fused-ring (bicyclic) bond motifs is 3. The Bertz CT molecular complexity index is 4000. The van der Waals surface area contributed by atoms with Crippen molar-refractivity contribution in [1.29, 1.82) is 0 Å². The van der Waals surface area contributed by atoms with E-state index in [0.29, 0.717) is 36.3 Å². The molecule has 618 valence electrons. The summed E-state index contributed by atoms with van der Waals surface area (Å²) in [6.45, 7) is 14.0. The number of piperidine rings is 3. The van der Waals surface area contributed by atoms with Crippen molar-refractivity contribution in [3.05, 3.63) is 127 Å². The van der Waals surface area contributed by atoms with Crippen LogP contribution in [-0.4, -0.2) is 170 Å². The van der Waals surface area contributed by atoms with Crippen LogP contribution in [0.3, 0.4) is 0 Å². The highest BCUT2D eigenvalue weighted by atomic mass is 16.3. The van der Waals surface area contributed by atoms with E-state index in [0.717, 1.165) is 164 Å². The Balaban J connectivity index is 0.000000147. The fraction of sp³-hybridized carbons (Fsp3) is 0.625. The van der Waals surface area contributed by atoms with Crippen molar-refractivity contribution in [3.63, 3.8) is 0 Å². The summed E-state index contributed by atoms with van der Waals surface area (Å²) in [5.74, 6) is 7.21. The van der Waals surface area contributed by atoms with Crippen molar-refractivity contribution < 1.29 is 15.3 Å². The molecule has 9 aliphatic rings. The maximum atomic E-state index is 10.1. The van der Waals surface area contributed by atoms with Gasteiger partial charge in [-0.25, -0.2) is 15.0 Å². The van der Waals surface area contributed by atoms with Gasteiger partial charge < -0.3 is 59.7 Å². The van der Waals surface area contributed by atoms with Crippen molar-refractivity contribution in [3.8, 4) is 33.4 Å². The predicted octanol–water partition coefficient (Wildman–Crippen LogP) is 20.1. The molecule has 6 N–H and O–H groups in total. The van der Waals surface area contributed by atoms with E-state index in [1.807, 2.05) is 18.6 Å². The van der Waals surface area contributed by atoms with E-state index >= 15 is 0 Å². The molecule has 6 saturated carbocycles. The van der Waals surface area contributed by atoms with E-state index in [1.54, 1.807) is 0 Å². The molecule has 6 aliphatic carbocycles. The molecule has 3 aliphatic heterocycles. The number of hydrogen-bond acceptors (Lipinski definition) is 15. The summed E-state index contributed by atoms with van der Waals surface area (Å²) in [4.78, 5) is 36.8. The quantitative estimate of drug-likeness (QED) is 0.0334. The number of aromatic nitrogens is 9. The molecule has 3 atom stereocenters. The maximum Gasteiger partial charge on any atom is 0.224 e. The number of likely N-dealkylation sites (tertiary alicyclic amines) is 3. The molecule has 3 aromatic carbocycles.